The number of hydrogen-bond donors (Lipinski definition) is 0. The zero-order valence-electron chi connectivity index (χ0n) is 8.03. The van der Waals surface area contributed by atoms with Crippen molar-refractivity contribution in [1.29, 1.82) is 0 Å². The molecule has 0 atom stereocenters. The van der Waals surface area contributed by atoms with Crippen LogP contribution in [0.3, 0.4) is 0 Å². The average Bonchev–Trinajstić information content (AvgIpc) is 2.26. The highest BCUT2D eigenvalue weighted by Crippen LogP contribution is 2.37. The van der Waals surface area contributed by atoms with Gasteiger partial charge in [0.1, 0.15) is 11.5 Å². The molecule has 3 rings (SSSR count). The molecule has 1 nitrogen and oxygen atoms in total. The first-order chi connectivity index (χ1) is 7.33. The lowest BCUT2D eigenvalue weighted by molar-refractivity contribution is 0.460. The van der Waals surface area contributed by atoms with Gasteiger partial charge >= 0.3 is 0 Å². The highest BCUT2D eigenvalue weighted by Gasteiger charge is 2.15. The van der Waals surface area contributed by atoms with Crippen molar-refractivity contribution in [3.63, 3.8) is 0 Å². The van der Waals surface area contributed by atoms with Crippen molar-refractivity contribution < 1.29 is 4.74 Å². The smallest absolute Gasteiger partial charge is 0.131 e. The predicted octanol–water partition coefficient (Wildman–Crippen LogP) is 4.15. The molecule has 74 valence electrons. The summed E-state index contributed by atoms with van der Waals surface area (Å²) in [6.07, 6.45) is 0.949. The van der Waals surface area contributed by atoms with Gasteiger partial charge in [0, 0.05) is 16.5 Å². The molecule has 0 amide bonds. The molecule has 0 spiro atoms. The molecule has 0 fully saturated rings. The molecular weight excluding hydrogens is 252 g/mol. The zero-order valence-corrected chi connectivity index (χ0v) is 9.62. The van der Waals surface area contributed by atoms with E-state index in [1.165, 1.54) is 11.1 Å². The predicted molar refractivity (Wildman–Crippen MR) is 63.5 cm³/mol. The summed E-state index contributed by atoms with van der Waals surface area (Å²) in [5, 5.41) is 0. The minimum Gasteiger partial charge on any atom is -0.457 e. The summed E-state index contributed by atoms with van der Waals surface area (Å²) in [4.78, 5) is 0. The van der Waals surface area contributed by atoms with E-state index in [2.05, 4.69) is 28.1 Å². The third-order valence-electron chi connectivity index (χ3n) is 2.60. The zero-order chi connectivity index (χ0) is 10.3. The van der Waals surface area contributed by atoms with Crippen LogP contribution in [-0.4, -0.2) is 0 Å². The van der Waals surface area contributed by atoms with E-state index in [4.69, 9.17) is 4.74 Å². The maximum atomic E-state index is 5.81. The summed E-state index contributed by atoms with van der Waals surface area (Å²) >= 11 is 3.47. The number of ether oxygens (including phenoxy) is 1. The van der Waals surface area contributed by atoms with E-state index < -0.39 is 0 Å². The Balaban J connectivity index is 2.11. The fourth-order valence-electron chi connectivity index (χ4n) is 1.86. The molecule has 0 saturated heterocycles. The monoisotopic (exact) mass is 260 g/mol. The molecule has 0 N–H and O–H groups in total. The van der Waals surface area contributed by atoms with Crippen molar-refractivity contribution >= 4 is 15.9 Å². The maximum absolute atomic E-state index is 5.81. The van der Waals surface area contributed by atoms with Gasteiger partial charge in [-0.2, -0.15) is 0 Å². The second kappa shape index (κ2) is 3.38. The first-order valence-corrected chi connectivity index (χ1v) is 5.66. The van der Waals surface area contributed by atoms with Crippen molar-refractivity contribution in [1.82, 2.24) is 0 Å². The van der Waals surface area contributed by atoms with E-state index in [-0.39, 0.29) is 0 Å². The van der Waals surface area contributed by atoms with Crippen LogP contribution in [-0.2, 0) is 6.42 Å². The summed E-state index contributed by atoms with van der Waals surface area (Å²) in [5.74, 6) is 1.95. The van der Waals surface area contributed by atoms with Gasteiger partial charge in [0.25, 0.3) is 0 Å². The molecule has 0 bridgehead atoms. The highest BCUT2D eigenvalue weighted by molar-refractivity contribution is 9.10. The molecule has 2 aromatic carbocycles. The van der Waals surface area contributed by atoms with Crippen molar-refractivity contribution in [3.05, 3.63) is 58.1 Å². The minimum absolute atomic E-state index is 0.949. The lowest BCUT2D eigenvalue weighted by atomic mass is 10.0. The Hall–Kier alpha value is -1.28. The number of benzene rings is 2. The van der Waals surface area contributed by atoms with Gasteiger partial charge in [-0.1, -0.05) is 34.1 Å². The van der Waals surface area contributed by atoms with Gasteiger partial charge in [-0.25, -0.2) is 0 Å². The van der Waals surface area contributed by atoms with Crippen LogP contribution in [0.4, 0.5) is 0 Å². The number of halogens is 1. The van der Waals surface area contributed by atoms with Crippen LogP contribution in [0.2, 0.25) is 0 Å². The normalized spacial score (nSPS) is 12.6. The first-order valence-electron chi connectivity index (χ1n) is 4.87. The highest BCUT2D eigenvalue weighted by atomic mass is 79.9. The summed E-state index contributed by atoms with van der Waals surface area (Å²) < 4.78 is 6.91. The summed E-state index contributed by atoms with van der Waals surface area (Å²) in [5.41, 5.74) is 2.49. The van der Waals surface area contributed by atoms with Gasteiger partial charge < -0.3 is 4.74 Å². The summed E-state index contributed by atoms with van der Waals surface area (Å²) in [6.45, 7) is 0. The number of fused-ring (bicyclic) bond motifs is 2. The number of rotatable bonds is 0. The molecule has 1 heterocycles. The van der Waals surface area contributed by atoms with Crippen molar-refractivity contribution in [3.8, 4) is 11.5 Å². The van der Waals surface area contributed by atoms with E-state index in [9.17, 15) is 0 Å². The average molecular weight is 261 g/mol. The quantitative estimate of drug-likeness (QED) is 0.590. The van der Waals surface area contributed by atoms with Crippen molar-refractivity contribution in [2.24, 2.45) is 0 Å². The molecule has 1 aliphatic rings. The van der Waals surface area contributed by atoms with Crippen LogP contribution in [0.1, 0.15) is 11.1 Å². The van der Waals surface area contributed by atoms with Gasteiger partial charge in [-0.15, -0.1) is 0 Å². The summed E-state index contributed by atoms with van der Waals surface area (Å²) in [7, 11) is 0. The van der Waals surface area contributed by atoms with Crippen LogP contribution in [0, 0.1) is 0 Å². The van der Waals surface area contributed by atoms with E-state index >= 15 is 0 Å². The SMILES string of the molecule is Brc1ccc2c(c1)Cc1ccccc1O2. The van der Waals surface area contributed by atoms with Crippen molar-refractivity contribution in [2.45, 2.75) is 6.42 Å². The fraction of sp³-hybridized carbons (Fsp3) is 0.0769. The van der Waals surface area contributed by atoms with Crippen LogP contribution in [0.15, 0.2) is 46.9 Å². The van der Waals surface area contributed by atoms with Crippen LogP contribution >= 0.6 is 15.9 Å². The Morgan fingerprint density at radius 3 is 2.67 bits per heavy atom. The third-order valence-corrected chi connectivity index (χ3v) is 3.09. The number of para-hydroxylation sites is 1. The Bertz CT molecular complexity index is 520. The molecule has 0 unspecified atom stereocenters. The Morgan fingerprint density at radius 2 is 1.73 bits per heavy atom. The standard InChI is InChI=1S/C13H9BrO/c14-11-5-6-13-10(8-11)7-9-3-1-2-4-12(9)15-13/h1-6,8H,7H2. The van der Waals surface area contributed by atoms with E-state index in [0.29, 0.717) is 0 Å². The Morgan fingerprint density at radius 1 is 0.933 bits per heavy atom. The van der Waals surface area contributed by atoms with Gasteiger partial charge in [0.2, 0.25) is 0 Å². The van der Waals surface area contributed by atoms with Gasteiger partial charge in [-0.05, 0) is 29.8 Å². The molecular formula is C13H9BrO. The minimum atomic E-state index is 0.949. The van der Waals surface area contributed by atoms with Gasteiger partial charge in [-0.3, -0.25) is 0 Å². The van der Waals surface area contributed by atoms with Gasteiger partial charge in [0.15, 0.2) is 0 Å². The molecule has 0 aromatic heterocycles. The fourth-order valence-corrected chi connectivity index (χ4v) is 2.27. The lowest BCUT2D eigenvalue weighted by Gasteiger charge is -2.19. The molecule has 0 radical (unpaired) electrons. The van der Waals surface area contributed by atoms with E-state index in [1.54, 1.807) is 0 Å². The largest absolute Gasteiger partial charge is 0.457 e. The third kappa shape index (κ3) is 1.55. The topological polar surface area (TPSA) is 9.23 Å². The Labute approximate surface area is 96.8 Å². The lowest BCUT2D eigenvalue weighted by Crippen LogP contribution is -2.02. The number of hydrogen-bond acceptors (Lipinski definition) is 1. The van der Waals surface area contributed by atoms with Crippen LogP contribution in [0.5, 0.6) is 11.5 Å². The second-order valence-electron chi connectivity index (χ2n) is 3.64. The first kappa shape index (κ1) is 8.98. The second-order valence-corrected chi connectivity index (χ2v) is 4.55. The Kier molecular flexibility index (Phi) is 2.03. The molecule has 2 heteroatoms. The van der Waals surface area contributed by atoms with E-state index in [0.717, 1.165) is 22.4 Å². The maximum Gasteiger partial charge on any atom is 0.131 e. The van der Waals surface area contributed by atoms with E-state index in [1.807, 2.05) is 30.3 Å². The molecule has 2 aromatic rings. The van der Waals surface area contributed by atoms with Gasteiger partial charge in [0.05, 0.1) is 0 Å². The van der Waals surface area contributed by atoms with Crippen molar-refractivity contribution in [2.75, 3.05) is 0 Å². The molecule has 15 heavy (non-hydrogen) atoms. The molecule has 1 aliphatic heterocycles. The molecule has 0 saturated carbocycles. The van der Waals surface area contributed by atoms with Crippen LogP contribution < -0.4 is 4.74 Å². The molecule has 0 aliphatic carbocycles. The van der Waals surface area contributed by atoms with Crippen LogP contribution in [0.25, 0.3) is 0 Å². The summed E-state index contributed by atoms with van der Waals surface area (Å²) in [6, 6.07) is 14.3.